The molecule has 28 heavy (non-hydrogen) atoms. The lowest BCUT2D eigenvalue weighted by Crippen LogP contribution is -2.47. The largest absolute Gasteiger partial charge is 0.444 e. The molecule has 0 radical (unpaired) electrons. The van der Waals surface area contributed by atoms with E-state index in [0.717, 1.165) is 15.6 Å². The smallest absolute Gasteiger partial charge is 0.414 e. The standard InChI is InChI=1S/C19H28BrN3O5.H2/c1-18(2,3)27-16(25)22-15(23-17(26)28-19(4,5)6)21-10-12-7-8-13(11-24)14(20)9-12;/h7-9,24H,10-11H2,1-6H3,(H2,21,22,23,25,26);1H. The number of rotatable bonds is 3. The Hall–Kier alpha value is -2.13. The second-order valence-electron chi connectivity index (χ2n) is 8.00. The Bertz CT molecular complexity index is 710. The lowest BCUT2D eigenvalue weighted by atomic mass is 10.1. The van der Waals surface area contributed by atoms with Crippen molar-refractivity contribution in [2.75, 3.05) is 0 Å². The van der Waals surface area contributed by atoms with Crippen molar-refractivity contribution >= 4 is 34.1 Å². The minimum atomic E-state index is -0.751. The van der Waals surface area contributed by atoms with E-state index in [4.69, 9.17) is 9.47 Å². The van der Waals surface area contributed by atoms with Gasteiger partial charge in [-0.3, -0.25) is 10.6 Å². The summed E-state index contributed by atoms with van der Waals surface area (Å²) in [5.41, 5.74) is 0.142. The Labute approximate surface area is 175 Å². The van der Waals surface area contributed by atoms with E-state index in [1.54, 1.807) is 59.7 Å². The van der Waals surface area contributed by atoms with Gasteiger partial charge < -0.3 is 14.6 Å². The summed E-state index contributed by atoms with van der Waals surface area (Å²) >= 11 is 3.37. The number of alkyl carbamates (subject to hydrolysis) is 2. The predicted octanol–water partition coefficient (Wildman–Crippen LogP) is 4.09. The molecule has 8 nitrogen and oxygen atoms in total. The van der Waals surface area contributed by atoms with Crippen molar-refractivity contribution in [1.29, 1.82) is 0 Å². The molecule has 0 aliphatic heterocycles. The summed E-state index contributed by atoms with van der Waals surface area (Å²) in [7, 11) is 0. The molecule has 1 aromatic carbocycles. The van der Waals surface area contributed by atoms with Gasteiger partial charge in [-0.25, -0.2) is 14.6 Å². The topological polar surface area (TPSA) is 109 Å². The van der Waals surface area contributed by atoms with Crippen molar-refractivity contribution in [1.82, 2.24) is 10.6 Å². The van der Waals surface area contributed by atoms with Gasteiger partial charge in [0.15, 0.2) is 0 Å². The molecule has 158 valence electrons. The molecular formula is C19H30BrN3O5. The van der Waals surface area contributed by atoms with E-state index in [-0.39, 0.29) is 20.5 Å². The van der Waals surface area contributed by atoms with Crippen LogP contribution in [0.4, 0.5) is 9.59 Å². The molecule has 3 N–H and O–H groups in total. The Balaban J connectivity index is 0.00000784. The van der Waals surface area contributed by atoms with Gasteiger partial charge in [-0.2, -0.15) is 0 Å². The summed E-state index contributed by atoms with van der Waals surface area (Å²) in [5, 5.41) is 14.1. The van der Waals surface area contributed by atoms with Gasteiger partial charge in [-0.1, -0.05) is 28.1 Å². The van der Waals surface area contributed by atoms with E-state index >= 15 is 0 Å². The summed E-state index contributed by atoms with van der Waals surface area (Å²) in [6, 6.07) is 5.35. The van der Waals surface area contributed by atoms with Crippen molar-refractivity contribution in [2.45, 2.75) is 65.9 Å². The third-order valence-electron chi connectivity index (χ3n) is 2.95. The molecule has 0 aliphatic rings. The average Bonchev–Trinajstić information content (AvgIpc) is 2.49. The van der Waals surface area contributed by atoms with Gasteiger partial charge in [-0.05, 0) is 58.7 Å². The van der Waals surface area contributed by atoms with E-state index in [1.165, 1.54) is 0 Å². The van der Waals surface area contributed by atoms with Gasteiger partial charge >= 0.3 is 12.2 Å². The molecule has 0 heterocycles. The van der Waals surface area contributed by atoms with Crippen LogP contribution in [-0.2, 0) is 22.6 Å². The highest BCUT2D eigenvalue weighted by atomic mass is 79.9. The minimum Gasteiger partial charge on any atom is -0.444 e. The lowest BCUT2D eigenvalue weighted by molar-refractivity contribution is 0.0545. The van der Waals surface area contributed by atoms with E-state index in [2.05, 4.69) is 31.6 Å². The number of aliphatic hydroxyl groups excluding tert-OH is 1. The first-order valence-corrected chi connectivity index (χ1v) is 9.51. The average molecular weight is 460 g/mol. The number of carbonyl (C=O) groups excluding carboxylic acids is 2. The zero-order valence-electron chi connectivity index (χ0n) is 17.1. The van der Waals surface area contributed by atoms with Crippen molar-refractivity contribution in [3.63, 3.8) is 0 Å². The van der Waals surface area contributed by atoms with E-state index in [1.807, 2.05) is 0 Å². The molecule has 0 aromatic heterocycles. The highest BCUT2D eigenvalue weighted by molar-refractivity contribution is 9.10. The van der Waals surface area contributed by atoms with Crippen LogP contribution in [-0.4, -0.2) is 34.5 Å². The molecule has 0 saturated heterocycles. The maximum Gasteiger partial charge on any atom is 0.414 e. The molecular weight excluding hydrogens is 430 g/mol. The number of hydrogen-bond donors (Lipinski definition) is 3. The third-order valence-corrected chi connectivity index (χ3v) is 3.68. The maximum atomic E-state index is 12.0. The van der Waals surface area contributed by atoms with E-state index in [9.17, 15) is 14.7 Å². The molecule has 0 aliphatic carbocycles. The molecule has 0 fully saturated rings. The number of halogens is 1. The summed E-state index contributed by atoms with van der Waals surface area (Å²) in [5.74, 6) is -0.0918. The van der Waals surface area contributed by atoms with Crippen LogP contribution < -0.4 is 10.6 Å². The number of aliphatic imine (C=N–C) groups is 1. The Morgan fingerprint density at radius 3 is 1.96 bits per heavy atom. The van der Waals surface area contributed by atoms with Crippen LogP contribution in [0.2, 0.25) is 0 Å². The van der Waals surface area contributed by atoms with Crippen molar-refractivity contribution in [3.8, 4) is 0 Å². The van der Waals surface area contributed by atoms with Crippen molar-refractivity contribution < 1.29 is 25.6 Å². The van der Waals surface area contributed by atoms with Crippen molar-refractivity contribution in [3.05, 3.63) is 33.8 Å². The summed E-state index contributed by atoms with van der Waals surface area (Å²) in [6.07, 6.45) is -1.50. The maximum absolute atomic E-state index is 12.0. The van der Waals surface area contributed by atoms with Gasteiger partial charge in [0.05, 0.1) is 13.2 Å². The highest BCUT2D eigenvalue weighted by Crippen LogP contribution is 2.19. The quantitative estimate of drug-likeness (QED) is 0.465. The number of guanidine groups is 1. The van der Waals surface area contributed by atoms with E-state index < -0.39 is 23.4 Å². The zero-order chi connectivity index (χ0) is 21.5. The normalized spacial score (nSPS) is 11.4. The number of hydrogen-bond acceptors (Lipinski definition) is 6. The predicted molar refractivity (Wildman–Crippen MR) is 112 cm³/mol. The van der Waals surface area contributed by atoms with E-state index in [0.29, 0.717) is 0 Å². The minimum absolute atomic E-state index is 0. The SMILES string of the molecule is CC(C)(C)OC(=O)NC(=NCc1ccc(CO)c(Br)c1)NC(=O)OC(C)(C)C.[HH]. The molecule has 0 bridgehead atoms. The van der Waals surface area contributed by atoms with Gasteiger partial charge in [-0.15, -0.1) is 0 Å². The monoisotopic (exact) mass is 459 g/mol. The number of ether oxygens (including phenoxy) is 2. The molecule has 9 heteroatoms. The Morgan fingerprint density at radius 2 is 1.57 bits per heavy atom. The summed E-state index contributed by atoms with van der Waals surface area (Å²) < 4.78 is 11.1. The number of carbonyl (C=O) groups is 2. The number of nitrogens with zero attached hydrogens (tertiary/aromatic N) is 1. The van der Waals surface area contributed by atoms with Gasteiger partial charge in [0.2, 0.25) is 5.96 Å². The summed E-state index contributed by atoms with van der Waals surface area (Å²) in [4.78, 5) is 28.3. The van der Waals surface area contributed by atoms with Crippen LogP contribution in [0.1, 0.15) is 54.1 Å². The number of benzene rings is 1. The summed E-state index contributed by atoms with van der Waals surface area (Å²) in [6.45, 7) is 10.4. The molecule has 0 unspecified atom stereocenters. The van der Waals surface area contributed by atoms with Crippen LogP contribution in [0.15, 0.2) is 27.7 Å². The zero-order valence-corrected chi connectivity index (χ0v) is 18.6. The van der Waals surface area contributed by atoms with Gasteiger partial charge in [0, 0.05) is 5.90 Å². The molecule has 1 aromatic rings. The van der Waals surface area contributed by atoms with Crippen molar-refractivity contribution in [2.24, 2.45) is 4.99 Å². The second kappa shape index (κ2) is 9.88. The van der Waals surface area contributed by atoms with Crippen LogP contribution >= 0.6 is 15.9 Å². The van der Waals surface area contributed by atoms with Crippen LogP contribution in [0.5, 0.6) is 0 Å². The molecule has 1 rings (SSSR count). The first-order chi connectivity index (χ1) is 12.8. The van der Waals surface area contributed by atoms with Gasteiger partial charge in [0.1, 0.15) is 11.2 Å². The third kappa shape index (κ3) is 9.70. The van der Waals surface area contributed by atoms with Crippen LogP contribution in [0, 0.1) is 0 Å². The van der Waals surface area contributed by atoms with Crippen LogP contribution in [0.25, 0.3) is 0 Å². The molecule has 2 amide bonds. The molecule has 0 saturated carbocycles. The lowest BCUT2D eigenvalue weighted by Gasteiger charge is -2.22. The fourth-order valence-corrected chi connectivity index (χ4v) is 2.45. The fourth-order valence-electron chi connectivity index (χ4n) is 1.90. The fraction of sp³-hybridized carbons (Fsp3) is 0.526. The molecule has 0 spiro atoms. The highest BCUT2D eigenvalue weighted by Gasteiger charge is 2.21. The van der Waals surface area contributed by atoms with Crippen LogP contribution in [0.3, 0.4) is 0 Å². The second-order valence-corrected chi connectivity index (χ2v) is 8.86. The Kier molecular flexibility index (Phi) is 8.44. The number of amides is 2. The number of aliphatic hydroxyl groups is 1. The first-order valence-electron chi connectivity index (χ1n) is 8.71. The molecule has 0 atom stereocenters. The Morgan fingerprint density at radius 1 is 1.07 bits per heavy atom. The van der Waals surface area contributed by atoms with Gasteiger partial charge in [0.25, 0.3) is 0 Å². The number of nitrogens with one attached hydrogen (secondary N) is 2. The first kappa shape index (κ1) is 23.9.